The normalized spacial score (nSPS) is 11.0. The lowest BCUT2D eigenvalue weighted by atomic mass is 10.1. The summed E-state index contributed by atoms with van der Waals surface area (Å²) in [4.78, 5) is 21.1. The van der Waals surface area contributed by atoms with E-state index in [1.54, 1.807) is 34.1 Å². The van der Waals surface area contributed by atoms with Crippen molar-refractivity contribution in [1.82, 2.24) is 4.98 Å². The van der Waals surface area contributed by atoms with Gasteiger partial charge in [0.25, 0.3) is 0 Å². The third-order valence-electron chi connectivity index (χ3n) is 3.61. The van der Waals surface area contributed by atoms with Gasteiger partial charge in [0, 0.05) is 18.4 Å². The molecule has 0 radical (unpaired) electrons. The van der Waals surface area contributed by atoms with Gasteiger partial charge in [0.15, 0.2) is 0 Å². The number of nitrogens with one attached hydrogen (secondary N) is 1. The maximum atomic E-state index is 12.4. The number of methoxy groups -OCH3 is 2. The molecule has 0 aliphatic heterocycles. The van der Waals surface area contributed by atoms with Crippen LogP contribution in [0.2, 0.25) is 0 Å². The second kappa shape index (κ2) is 8.84. The summed E-state index contributed by atoms with van der Waals surface area (Å²) in [6.45, 7) is 3.83. The zero-order valence-electron chi connectivity index (χ0n) is 15.6. The molecule has 138 valence electrons. The summed E-state index contributed by atoms with van der Waals surface area (Å²) in [6, 6.07) is 9.03. The van der Waals surface area contributed by atoms with E-state index in [0.717, 1.165) is 11.4 Å². The van der Waals surface area contributed by atoms with E-state index in [-0.39, 0.29) is 12.5 Å². The highest BCUT2D eigenvalue weighted by Crippen LogP contribution is 2.26. The third-order valence-corrected chi connectivity index (χ3v) is 3.61. The number of aliphatic imine (C=N–C) groups is 1. The van der Waals surface area contributed by atoms with Crippen molar-refractivity contribution in [2.75, 3.05) is 33.2 Å². The van der Waals surface area contributed by atoms with Crippen LogP contribution in [-0.2, 0) is 9.47 Å². The van der Waals surface area contributed by atoms with Crippen LogP contribution in [0.25, 0.3) is 0 Å². The van der Waals surface area contributed by atoms with Crippen molar-refractivity contribution in [2.45, 2.75) is 13.8 Å². The maximum absolute atomic E-state index is 12.4. The fourth-order valence-electron chi connectivity index (χ4n) is 2.47. The van der Waals surface area contributed by atoms with Gasteiger partial charge in [-0.05, 0) is 44.2 Å². The second-order valence-electron chi connectivity index (χ2n) is 5.34. The molecule has 2 aromatic rings. The summed E-state index contributed by atoms with van der Waals surface area (Å²) in [7, 11) is 4.69. The van der Waals surface area contributed by atoms with Crippen LogP contribution >= 0.6 is 0 Å². The predicted molar refractivity (Wildman–Crippen MR) is 101 cm³/mol. The van der Waals surface area contributed by atoms with Gasteiger partial charge in [-0.15, -0.1) is 0 Å². The number of pyridine rings is 1. The monoisotopic (exact) mass is 357 g/mol. The Labute approximate surface area is 153 Å². The smallest absolute Gasteiger partial charge is 0.339 e. The van der Waals surface area contributed by atoms with Gasteiger partial charge < -0.3 is 19.5 Å². The molecule has 0 aliphatic rings. The summed E-state index contributed by atoms with van der Waals surface area (Å²) in [5, 5.41) is 3.22. The lowest BCUT2D eigenvalue weighted by Crippen LogP contribution is -2.17. The molecule has 0 atom stereocenters. The van der Waals surface area contributed by atoms with Gasteiger partial charge in [-0.25, -0.2) is 9.78 Å². The van der Waals surface area contributed by atoms with Crippen LogP contribution in [-0.4, -0.2) is 44.7 Å². The Morgan fingerprint density at radius 3 is 2.46 bits per heavy atom. The minimum absolute atomic E-state index is 0.270. The van der Waals surface area contributed by atoms with E-state index in [4.69, 9.17) is 14.2 Å². The summed E-state index contributed by atoms with van der Waals surface area (Å²) >= 11 is 0. The van der Waals surface area contributed by atoms with E-state index in [0.29, 0.717) is 22.6 Å². The maximum Gasteiger partial charge on any atom is 0.339 e. The van der Waals surface area contributed by atoms with E-state index in [9.17, 15) is 4.79 Å². The van der Waals surface area contributed by atoms with Crippen molar-refractivity contribution in [2.24, 2.45) is 4.99 Å². The van der Waals surface area contributed by atoms with Gasteiger partial charge in [0.2, 0.25) is 5.90 Å². The number of ether oxygens (including phenoxy) is 3. The molecule has 7 nitrogen and oxygen atoms in total. The highest BCUT2D eigenvalue weighted by atomic mass is 16.5. The number of anilines is 2. The van der Waals surface area contributed by atoms with Gasteiger partial charge in [0.05, 0.1) is 32.0 Å². The zero-order valence-corrected chi connectivity index (χ0v) is 15.6. The molecular formula is C19H23N3O4. The molecule has 26 heavy (non-hydrogen) atoms. The molecule has 0 amide bonds. The first-order valence-electron chi connectivity index (χ1n) is 8.15. The van der Waals surface area contributed by atoms with Gasteiger partial charge >= 0.3 is 5.97 Å². The zero-order chi connectivity index (χ0) is 19.1. The molecule has 0 spiro atoms. The standard InChI is InChI=1S/C19H23N3O4/c1-6-26-19(23)15-11-12(2)21-17(16(15)18(20-3)25-5)22-13-7-9-14(24-4)10-8-13/h7-11H,6H2,1-5H3,(H,21,22)/b20-18+. The molecule has 1 aromatic heterocycles. The van der Waals surface area contributed by atoms with Gasteiger partial charge in [-0.1, -0.05) is 0 Å². The number of rotatable bonds is 6. The summed E-state index contributed by atoms with van der Waals surface area (Å²) in [6.07, 6.45) is 0. The molecule has 0 aliphatic carbocycles. The molecule has 2 rings (SSSR count). The SMILES string of the molecule is CCOC(=O)c1cc(C)nc(Nc2ccc(OC)cc2)c1/C(=N\C)OC. The largest absolute Gasteiger partial charge is 0.497 e. The Kier molecular flexibility index (Phi) is 6.54. The molecule has 1 heterocycles. The highest BCUT2D eigenvalue weighted by molar-refractivity contribution is 6.09. The number of benzene rings is 1. The molecule has 0 fully saturated rings. The van der Waals surface area contributed by atoms with Crippen LogP contribution < -0.4 is 10.1 Å². The van der Waals surface area contributed by atoms with Crippen LogP contribution in [0.3, 0.4) is 0 Å². The number of carbonyl (C=O) groups is 1. The molecule has 0 bridgehead atoms. The van der Waals surface area contributed by atoms with E-state index in [2.05, 4.69) is 15.3 Å². The van der Waals surface area contributed by atoms with Crippen LogP contribution in [0, 0.1) is 6.92 Å². The van der Waals surface area contributed by atoms with E-state index in [1.807, 2.05) is 24.3 Å². The topological polar surface area (TPSA) is 82.0 Å². The van der Waals surface area contributed by atoms with Crippen molar-refractivity contribution in [3.63, 3.8) is 0 Å². The van der Waals surface area contributed by atoms with Crippen LogP contribution in [0.1, 0.15) is 28.5 Å². The molecule has 0 saturated heterocycles. The summed E-state index contributed by atoms with van der Waals surface area (Å²) < 4.78 is 15.7. The Bertz CT molecular complexity index is 801. The number of aromatic nitrogens is 1. The summed E-state index contributed by atoms with van der Waals surface area (Å²) in [5.41, 5.74) is 2.25. The first-order valence-corrected chi connectivity index (χ1v) is 8.15. The van der Waals surface area contributed by atoms with Crippen molar-refractivity contribution in [1.29, 1.82) is 0 Å². The first kappa shape index (κ1) is 19.2. The van der Waals surface area contributed by atoms with E-state index in [1.165, 1.54) is 7.11 Å². The molecular weight excluding hydrogens is 334 g/mol. The van der Waals surface area contributed by atoms with Crippen LogP contribution in [0.15, 0.2) is 35.3 Å². The van der Waals surface area contributed by atoms with Gasteiger partial charge in [0.1, 0.15) is 11.6 Å². The number of aryl methyl sites for hydroxylation is 1. The first-order chi connectivity index (χ1) is 12.5. The number of hydrogen-bond acceptors (Lipinski definition) is 7. The lowest BCUT2D eigenvalue weighted by molar-refractivity contribution is 0.0525. The number of carbonyl (C=O) groups excluding carboxylic acids is 1. The summed E-state index contributed by atoms with van der Waals surface area (Å²) in [5.74, 6) is 1.04. The average Bonchev–Trinajstić information content (AvgIpc) is 2.64. The molecule has 0 saturated carbocycles. The minimum atomic E-state index is -0.455. The van der Waals surface area contributed by atoms with Crippen molar-refractivity contribution < 1.29 is 19.0 Å². The van der Waals surface area contributed by atoms with E-state index >= 15 is 0 Å². The Balaban J connectivity index is 2.56. The number of hydrogen-bond donors (Lipinski definition) is 1. The number of esters is 1. The minimum Gasteiger partial charge on any atom is -0.497 e. The fraction of sp³-hybridized carbons (Fsp3) is 0.316. The quantitative estimate of drug-likeness (QED) is 0.485. The van der Waals surface area contributed by atoms with E-state index < -0.39 is 5.97 Å². The fourth-order valence-corrected chi connectivity index (χ4v) is 2.47. The van der Waals surface area contributed by atoms with Gasteiger partial charge in [-0.3, -0.25) is 4.99 Å². The molecule has 7 heteroatoms. The lowest BCUT2D eigenvalue weighted by Gasteiger charge is -2.16. The van der Waals surface area contributed by atoms with Crippen molar-refractivity contribution in [3.8, 4) is 5.75 Å². The Morgan fingerprint density at radius 1 is 1.23 bits per heavy atom. The van der Waals surface area contributed by atoms with Gasteiger partial charge in [-0.2, -0.15) is 0 Å². The molecule has 1 aromatic carbocycles. The predicted octanol–water partition coefficient (Wildman–Crippen LogP) is 3.34. The van der Waals surface area contributed by atoms with Crippen LogP contribution in [0.4, 0.5) is 11.5 Å². The Morgan fingerprint density at radius 2 is 1.92 bits per heavy atom. The Hall–Kier alpha value is -3.09. The third kappa shape index (κ3) is 4.30. The molecule has 1 N–H and O–H groups in total. The second-order valence-corrected chi connectivity index (χ2v) is 5.34. The van der Waals surface area contributed by atoms with Crippen LogP contribution in [0.5, 0.6) is 5.75 Å². The average molecular weight is 357 g/mol. The van der Waals surface area contributed by atoms with Crippen molar-refractivity contribution in [3.05, 3.63) is 47.2 Å². The number of nitrogens with zero attached hydrogens (tertiary/aromatic N) is 2. The van der Waals surface area contributed by atoms with Crippen molar-refractivity contribution >= 4 is 23.4 Å². The molecule has 0 unspecified atom stereocenters. The highest BCUT2D eigenvalue weighted by Gasteiger charge is 2.23.